The number of amides is 2. The minimum atomic E-state index is 0.0412. The van der Waals surface area contributed by atoms with Gasteiger partial charge in [0.1, 0.15) is 5.75 Å². The molecule has 1 atom stereocenters. The van der Waals surface area contributed by atoms with Gasteiger partial charge >= 0.3 is 0 Å². The number of hydrogen-bond donors (Lipinski definition) is 1. The molecule has 8 nitrogen and oxygen atoms in total. The van der Waals surface area contributed by atoms with Gasteiger partial charge < -0.3 is 14.5 Å². The number of carbonyl (C=O) groups excluding carboxylic acids is 2. The highest BCUT2D eigenvalue weighted by molar-refractivity contribution is 5.80. The molecule has 160 valence electrons. The molecule has 2 aliphatic rings. The van der Waals surface area contributed by atoms with Crippen LogP contribution in [0, 0.1) is 11.8 Å². The Labute approximate surface area is 176 Å². The van der Waals surface area contributed by atoms with E-state index < -0.39 is 0 Å². The Morgan fingerprint density at radius 1 is 1.13 bits per heavy atom. The van der Waals surface area contributed by atoms with E-state index in [1.165, 1.54) is 0 Å². The molecule has 0 spiro atoms. The third kappa shape index (κ3) is 4.80. The van der Waals surface area contributed by atoms with Crippen LogP contribution < -0.4 is 4.74 Å². The van der Waals surface area contributed by atoms with Crippen LogP contribution in [0.2, 0.25) is 0 Å². The molecule has 2 aliphatic heterocycles. The highest BCUT2D eigenvalue weighted by Crippen LogP contribution is 2.25. The van der Waals surface area contributed by atoms with Crippen molar-refractivity contribution in [3.05, 3.63) is 30.6 Å². The molecule has 2 fully saturated rings. The van der Waals surface area contributed by atoms with Gasteiger partial charge in [-0.3, -0.25) is 19.7 Å². The van der Waals surface area contributed by atoms with E-state index in [1.807, 2.05) is 28.0 Å². The topological polar surface area (TPSA) is 91.4 Å². The maximum Gasteiger partial charge on any atom is 0.225 e. The summed E-state index contributed by atoms with van der Waals surface area (Å²) in [4.78, 5) is 32.7. The van der Waals surface area contributed by atoms with Crippen molar-refractivity contribution >= 4 is 11.8 Å². The third-order valence-electron chi connectivity index (χ3n) is 6.12. The Bertz CT molecular complexity index is 844. The number of pyridine rings is 1. The zero-order valence-corrected chi connectivity index (χ0v) is 17.4. The molecule has 4 heterocycles. The zero-order valence-electron chi connectivity index (χ0n) is 17.4. The number of rotatable bonds is 5. The van der Waals surface area contributed by atoms with Crippen LogP contribution in [0.25, 0.3) is 11.4 Å². The Morgan fingerprint density at radius 2 is 1.97 bits per heavy atom. The molecular formula is C22H29N5O3. The van der Waals surface area contributed by atoms with Gasteiger partial charge in [-0.25, -0.2) is 0 Å². The summed E-state index contributed by atoms with van der Waals surface area (Å²) in [5, 5.41) is 6.84. The second kappa shape index (κ2) is 9.28. The predicted molar refractivity (Wildman–Crippen MR) is 112 cm³/mol. The summed E-state index contributed by atoms with van der Waals surface area (Å²) >= 11 is 0. The van der Waals surface area contributed by atoms with E-state index in [0.717, 1.165) is 55.9 Å². The van der Waals surface area contributed by atoms with Gasteiger partial charge in [0.15, 0.2) is 0 Å². The number of aromatic amines is 1. The summed E-state index contributed by atoms with van der Waals surface area (Å²) in [6.07, 6.45) is 7.03. The lowest BCUT2D eigenvalue weighted by atomic mass is 9.92. The van der Waals surface area contributed by atoms with Gasteiger partial charge in [0.2, 0.25) is 11.8 Å². The summed E-state index contributed by atoms with van der Waals surface area (Å²) in [7, 11) is 0. The van der Waals surface area contributed by atoms with Crippen LogP contribution in [-0.4, -0.2) is 69.6 Å². The van der Waals surface area contributed by atoms with Crippen molar-refractivity contribution in [3.63, 3.8) is 0 Å². The van der Waals surface area contributed by atoms with E-state index in [1.54, 1.807) is 19.3 Å². The first-order valence-electron chi connectivity index (χ1n) is 10.7. The average molecular weight is 412 g/mol. The minimum Gasteiger partial charge on any atom is -0.492 e. The first-order chi connectivity index (χ1) is 14.6. The first kappa shape index (κ1) is 20.4. The van der Waals surface area contributed by atoms with Crippen molar-refractivity contribution in [1.29, 1.82) is 0 Å². The number of piperidine rings is 2. The molecule has 0 bridgehead atoms. The lowest BCUT2D eigenvalue weighted by Gasteiger charge is -2.37. The van der Waals surface area contributed by atoms with E-state index in [9.17, 15) is 9.59 Å². The molecule has 2 amide bonds. The van der Waals surface area contributed by atoms with Crippen molar-refractivity contribution in [3.8, 4) is 17.1 Å². The smallest absolute Gasteiger partial charge is 0.225 e. The summed E-state index contributed by atoms with van der Waals surface area (Å²) in [5.74, 6) is 1.45. The molecule has 0 aromatic carbocycles. The Hall–Kier alpha value is -2.90. The minimum absolute atomic E-state index is 0.0412. The van der Waals surface area contributed by atoms with Crippen LogP contribution >= 0.6 is 0 Å². The van der Waals surface area contributed by atoms with Crippen LogP contribution in [0.1, 0.15) is 32.6 Å². The molecule has 1 N–H and O–H groups in total. The number of nitrogens with one attached hydrogen (secondary N) is 1. The maximum absolute atomic E-state index is 13.0. The van der Waals surface area contributed by atoms with Crippen LogP contribution in [0.3, 0.4) is 0 Å². The van der Waals surface area contributed by atoms with Crippen molar-refractivity contribution < 1.29 is 14.3 Å². The van der Waals surface area contributed by atoms with Gasteiger partial charge in [-0.1, -0.05) is 0 Å². The Balaban J connectivity index is 1.26. The molecule has 2 aromatic heterocycles. The van der Waals surface area contributed by atoms with E-state index in [0.29, 0.717) is 25.6 Å². The molecule has 8 heteroatoms. The molecule has 0 aliphatic carbocycles. The average Bonchev–Trinajstić information content (AvgIpc) is 3.33. The number of aromatic nitrogens is 3. The van der Waals surface area contributed by atoms with E-state index >= 15 is 0 Å². The molecule has 0 radical (unpaired) electrons. The fraction of sp³-hybridized carbons (Fsp3) is 0.545. The highest BCUT2D eigenvalue weighted by Gasteiger charge is 2.32. The highest BCUT2D eigenvalue weighted by atomic mass is 16.5. The number of ether oxygens (including phenoxy) is 1. The van der Waals surface area contributed by atoms with E-state index in [-0.39, 0.29) is 17.7 Å². The third-order valence-corrected chi connectivity index (χ3v) is 6.12. The largest absolute Gasteiger partial charge is 0.492 e. The lowest BCUT2D eigenvalue weighted by molar-refractivity contribution is -0.141. The molecule has 2 aromatic rings. The molecule has 30 heavy (non-hydrogen) atoms. The van der Waals surface area contributed by atoms with Gasteiger partial charge in [-0.15, -0.1) is 0 Å². The van der Waals surface area contributed by atoms with Crippen LogP contribution in [0.5, 0.6) is 5.75 Å². The summed E-state index contributed by atoms with van der Waals surface area (Å²) in [6.45, 7) is 5.12. The predicted octanol–water partition coefficient (Wildman–Crippen LogP) is 2.35. The van der Waals surface area contributed by atoms with Crippen LogP contribution in [-0.2, 0) is 9.59 Å². The van der Waals surface area contributed by atoms with E-state index in [2.05, 4.69) is 15.2 Å². The number of likely N-dealkylation sites (tertiary alicyclic amines) is 2. The molecule has 0 saturated carbocycles. The Morgan fingerprint density at radius 3 is 2.63 bits per heavy atom. The first-order valence-corrected chi connectivity index (χ1v) is 10.7. The normalized spacial score (nSPS) is 20.2. The second-order valence-electron chi connectivity index (χ2n) is 8.23. The fourth-order valence-corrected chi connectivity index (χ4v) is 4.34. The number of hydrogen-bond acceptors (Lipinski definition) is 5. The maximum atomic E-state index is 13.0. The zero-order chi connectivity index (χ0) is 20.9. The molecule has 2 saturated heterocycles. The summed E-state index contributed by atoms with van der Waals surface area (Å²) in [6, 6.07) is 5.70. The van der Waals surface area contributed by atoms with Crippen LogP contribution in [0.4, 0.5) is 0 Å². The van der Waals surface area contributed by atoms with Crippen LogP contribution in [0.15, 0.2) is 30.6 Å². The van der Waals surface area contributed by atoms with Crippen molar-refractivity contribution in [2.45, 2.75) is 32.6 Å². The van der Waals surface area contributed by atoms with Gasteiger partial charge in [0.05, 0.1) is 24.2 Å². The van der Waals surface area contributed by atoms with Gasteiger partial charge in [0, 0.05) is 51.1 Å². The monoisotopic (exact) mass is 411 g/mol. The molecular weight excluding hydrogens is 382 g/mol. The van der Waals surface area contributed by atoms with Crippen molar-refractivity contribution in [2.75, 3.05) is 32.8 Å². The quantitative estimate of drug-likeness (QED) is 0.815. The lowest BCUT2D eigenvalue weighted by Crippen LogP contribution is -2.47. The van der Waals surface area contributed by atoms with Gasteiger partial charge in [0.25, 0.3) is 0 Å². The van der Waals surface area contributed by atoms with Gasteiger partial charge in [-0.05, 0) is 43.9 Å². The molecule has 4 rings (SSSR count). The fourth-order valence-electron chi connectivity index (χ4n) is 4.34. The Kier molecular flexibility index (Phi) is 6.30. The SMILES string of the molecule is CC(=O)N1CCC(C(=O)N2CCC[C@@H](COc3ccc(-c4ccn[nH]4)nc3)C2)CC1. The molecule has 0 unspecified atom stereocenters. The van der Waals surface area contributed by atoms with Crippen molar-refractivity contribution in [1.82, 2.24) is 25.0 Å². The standard InChI is InChI=1S/C22H29N5O3/c1-16(28)26-11-7-18(8-12-26)22(29)27-10-2-3-17(14-27)15-30-19-4-5-20(23-13-19)21-6-9-24-25-21/h4-6,9,13,17-18H,2-3,7-8,10-12,14-15H2,1H3,(H,24,25)/t17-/m1/s1. The summed E-state index contributed by atoms with van der Waals surface area (Å²) in [5.41, 5.74) is 1.70. The van der Waals surface area contributed by atoms with Gasteiger partial charge in [-0.2, -0.15) is 5.10 Å². The van der Waals surface area contributed by atoms with Crippen molar-refractivity contribution in [2.24, 2.45) is 11.8 Å². The number of carbonyl (C=O) groups is 2. The number of H-pyrrole nitrogens is 1. The number of nitrogens with zero attached hydrogens (tertiary/aromatic N) is 4. The van der Waals surface area contributed by atoms with E-state index in [4.69, 9.17) is 4.74 Å². The summed E-state index contributed by atoms with van der Waals surface area (Å²) < 4.78 is 5.96. The second-order valence-corrected chi connectivity index (χ2v) is 8.23.